The second-order valence-electron chi connectivity index (χ2n) is 4.51. The van der Waals surface area contributed by atoms with E-state index in [9.17, 15) is 4.79 Å². The number of carbonyl (C=O) groups is 1. The fourth-order valence-corrected chi connectivity index (χ4v) is 1.86. The minimum Gasteiger partial charge on any atom is -0.392 e. The zero-order valence-corrected chi connectivity index (χ0v) is 11.6. The first-order chi connectivity index (χ1) is 9.63. The Morgan fingerprint density at radius 2 is 1.95 bits per heavy atom. The number of aliphatic hydroxyl groups is 1. The Labute approximate surface area is 117 Å². The van der Waals surface area contributed by atoms with Crippen molar-refractivity contribution in [3.8, 4) is 0 Å². The largest absolute Gasteiger partial charge is 0.392 e. The highest BCUT2D eigenvalue weighted by Gasteiger charge is 2.13. The molecule has 20 heavy (non-hydrogen) atoms. The Morgan fingerprint density at radius 3 is 2.55 bits per heavy atom. The fraction of sp³-hybridized carbons (Fsp3) is 0.267. The van der Waals surface area contributed by atoms with E-state index in [2.05, 4.69) is 15.5 Å². The SMILES string of the molecule is CCc1nnc(C)cc1C(=O)Nc1ccc(CO)cc1. The second-order valence-corrected chi connectivity index (χ2v) is 4.51. The first kappa shape index (κ1) is 14.1. The number of aliphatic hydroxyl groups excluding tert-OH is 1. The second kappa shape index (κ2) is 6.25. The summed E-state index contributed by atoms with van der Waals surface area (Å²) in [6, 6.07) is 8.80. The summed E-state index contributed by atoms with van der Waals surface area (Å²) < 4.78 is 0. The van der Waals surface area contributed by atoms with Gasteiger partial charge in [-0.2, -0.15) is 10.2 Å². The van der Waals surface area contributed by atoms with E-state index in [0.29, 0.717) is 29.1 Å². The van der Waals surface area contributed by atoms with Crippen LogP contribution in [0.15, 0.2) is 30.3 Å². The molecule has 0 saturated carbocycles. The molecule has 2 N–H and O–H groups in total. The van der Waals surface area contributed by atoms with E-state index >= 15 is 0 Å². The Kier molecular flexibility index (Phi) is 4.42. The smallest absolute Gasteiger partial charge is 0.257 e. The Balaban J connectivity index is 2.20. The molecule has 0 aliphatic carbocycles. The molecule has 2 aromatic rings. The van der Waals surface area contributed by atoms with Crippen LogP contribution in [-0.2, 0) is 13.0 Å². The van der Waals surface area contributed by atoms with Crippen LogP contribution in [0.5, 0.6) is 0 Å². The molecule has 2 rings (SSSR count). The topological polar surface area (TPSA) is 75.1 Å². The molecule has 1 aromatic carbocycles. The minimum atomic E-state index is -0.198. The maximum Gasteiger partial charge on any atom is 0.257 e. The normalized spacial score (nSPS) is 10.3. The lowest BCUT2D eigenvalue weighted by Gasteiger charge is -2.09. The maximum atomic E-state index is 12.3. The number of nitrogens with zero attached hydrogens (tertiary/aromatic N) is 2. The average Bonchev–Trinajstić information content (AvgIpc) is 2.48. The third-order valence-electron chi connectivity index (χ3n) is 2.97. The van der Waals surface area contributed by atoms with Crippen molar-refractivity contribution >= 4 is 11.6 Å². The predicted octanol–water partition coefficient (Wildman–Crippen LogP) is 2.09. The van der Waals surface area contributed by atoms with E-state index in [1.54, 1.807) is 37.3 Å². The van der Waals surface area contributed by atoms with Crippen LogP contribution in [-0.4, -0.2) is 21.2 Å². The number of amides is 1. The van der Waals surface area contributed by atoms with Crippen molar-refractivity contribution in [2.24, 2.45) is 0 Å². The fourth-order valence-electron chi connectivity index (χ4n) is 1.86. The maximum absolute atomic E-state index is 12.3. The van der Waals surface area contributed by atoms with Crippen LogP contribution in [0.4, 0.5) is 5.69 Å². The number of benzene rings is 1. The Hall–Kier alpha value is -2.27. The van der Waals surface area contributed by atoms with Crippen molar-refractivity contribution in [3.05, 3.63) is 52.8 Å². The summed E-state index contributed by atoms with van der Waals surface area (Å²) >= 11 is 0. The number of carbonyl (C=O) groups excluding carboxylic acids is 1. The first-order valence-electron chi connectivity index (χ1n) is 6.48. The Bertz CT molecular complexity index is 609. The van der Waals surface area contributed by atoms with E-state index in [4.69, 9.17) is 5.11 Å². The van der Waals surface area contributed by atoms with Crippen molar-refractivity contribution in [2.75, 3.05) is 5.32 Å². The lowest BCUT2D eigenvalue weighted by Crippen LogP contribution is -2.16. The highest BCUT2D eigenvalue weighted by molar-refractivity contribution is 6.05. The van der Waals surface area contributed by atoms with Gasteiger partial charge >= 0.3 is 0 Å². The number of hydrogen-bond donors (Lipinski definition) is 2. The molecule has 0 radical (unpaired) electrons. The van der Waals surface area contributed by atoms with Crippen molar-refractivity contribution in [1.82, 2.24) is 10.2 Å². The van der Waals surface area contributed by atoms with Crippen molar-refractivity contribution in [1.29, 1.82) is 0 Å². The van der Waals surface area contributed by atoms with E-state index in [1.807, 2.05) is 6.92 Å². The summed E-state index contributed by atoms with van der Waals surface area (Å²) in [4.78, 5) is 12.3. The predicted molar refractivity (Wildman–Crippen MR) is 76.5 cm³/mol. The van der Waals surface area contributed by atoms with Gasteiger partial charge in [-0.3, -0.25) is 4.79 Å². The number of hydrogen-bond acceptors (Lipinski definition) is 4. The number of aryl methyl sites for hydroxylation is 2. The van der Waals surface area contributed by atoms with Gasteiger partial charge in [0.2, 0.25) is 0 Å². The van der Waals surface area contributed by atoms with Gasteiger partial charge in [-0.15, -0.1) is 0 Å². The molecule has 0 fully saturated rings. The highest BCUT2D eigenvalue weighted by atomic mass is 16.3. The molecule has 0 bridgehead atoms. The quantitative estimate of drug-likeness (QED) is 0.893. The monoisotopic (exact) mass is 271 g/mol. The minimum absolute atomic E-state index is 0.0122. The van der Waals surface area contributed by atoms with Gasteiger partial charge in [0.1, 0.15) is 0 Å². The molecule has 0 spiro atoms. The highest BCUT2D eigenvalue weighted by Crippen LogP contribution is 2.13. The molecule has 5 heteroatoms. The molecule has 1 amide bonds. The summed E-state index contributed by atoms with van der Waals surface area (Å²) in [7, 11) is 0. The molecule has 1 heterocycles. The van der Waals surface area contributed by atoms with Crippen LogP contribution in [0, 0.1) is 6.92 Å². The molecular weight excluding hydrogens is 254 g/mol. The number of aromatic nitrogens is 2. The van der Waals surface area contributed by atoms with Gasteiger partial charge in [0.05, 0.1) is 23.6 Å². The number of nitrogens with one attached hydrogen (secondary N) is 1. The third kappa shape index (κ3) is 3.19. The zero-order valence-electron chi connectivity index (χ0n) is 11.6. The first-order valence-corrected chi connectivity index (χ1v) is 6.48. The van der Waals surface area contributed by atoms with Gasteiger partial charge in [0.25, 0.3) is 5.91 Å². The van der Waals surface area contributed by atoms with Crippen molar-refractivity contribution in [3.63, 3.8) is 0 Å². The lowest BCUT2D eigenvalue weighted by molar-refractivity contribution is 0.102. The van der Waals surface area contributed by atoms with Crippen LogP contribution in [0.3, 0.4) is 0 Å². The number of rotatable bonds is 4. The van der Waals surface area contributed by atoms with Crippen LogP contribution in [0.2, 0.25) is 0 Å². The molecule has 104 valence electrons. The standard InChI is InChI=1S/C15H17N3O2/c1-3-14-13(8-10(2)17-18-14)15(20)16-12-6-4-11(9-19)5-7-12/h4-8,19H,3,9H2,1-2H3,(H,16,20). The van der Waals surface area contributed by atoms with E-state index < -0.39 is 0 Å². The number of anilines is 1. The molecule has 1 aromatic heterocycles. The Morgan fingerprint density at radius 1 is 1.25 bits per heavy atom. The van der Waals surface area contributed by atoms with E-state index in [-0.39, 0.29) is 12.5 Å². The van der Waals surface area contributed by atoms with Crippen molar-refractivity contribution in [2.45, 2.75) is 26.9 Å². The van der Waals surface area contributed by atoms with Crippen LogP contribution in [0.25, 0.3) is 0 Å². The molecule has 5 nitrogen and oxygen atoms in total. The van der Waals surface area contributed by atoms with Gasteiger partial charge < -0.3 is 10.4 Å². The molecule has 0 unspecified atom stereocenters. The van der Waals surface area contributed by atoms with Gasteiger partial charge in [0, 0.05) is 5.69 Å². The molecule has 0 saturated heterocycles. The third-order valence-corrected chi connectivity index (χ3v) is 2.97. The summed E-state index contributed by atoms with van der Waals surface area (Å²) in [6.45, 7) is 3.73. The summed E-state index contributed by atoms with van der Waals surface area (Å²) in [5.41, 5.74) is 3.43. The van der Waals surface area contributed by atoms with E-state index in [1.165, 1.54) is 0 Å². The molecular formula is C15H17N3O2. The zero-order chi connectivity index (χ0) is 14.5. The summed E-state index contributed by atoms with van der Waals surface area (Å²) in [5.74, 6) is -0.198. The van der Waals surface area contributed by atoms with Crippen molar-refractivity contribution < 1.29 is 9.90 Å². The van der Waals surface area contributed by atoms with Gasteiger partial charge in [-0.1, -0.05) is 19.1 Å². The summed E-state index contributed by atoms with van der Waals surface area (Å²) in [6.07, 6.45) is 0.652. The molecule has 0 atom stereocenters. The van der Waals surface area contributed by atoms with Crippen LogP contribution in [0.1, 0.15) is 34.2 Å². The van der Waals surface area contributed by atoms with Crippen LogP contribution >= 0.6 is 0 Å². The van der Waals surface area contributed by atoms with E-state index in [0.717, 1.165) is 5.56 Å². The van der Waals surface area contributed by atoms with Gasteiger partial charge in [0.15, 0.2) is 0 Å². The molecule has 0 aliphatic rings. The summed E-state index contributed by atoms with van der Waals surface area (Å²) in [5, 5.41) is 19.8. The average molecular weight is 271 g/mol. The van der Waals surface area contributed by atoms with Crippen LogP contribution < -0.4 is 5.32 Å². The molecule has 0 aliphatic heterocycles. The van der Waals surface area contributed by atoms with Gasteiger partial charge in [-0.05, 0) is 37.1 Å². The lowest BCUT2D eigenvalue weighted by atomic mass is 10.1. The van der Waals surface area contributed by atoms with Gasteiger partial charge in [-0.25, -0.2) is 0 Å².